The molecular formula is C11H18BNO2. The minimum Gasteiger partial charge on any atom is -0.469 e. The van der Waals surface area contributed by atoms with Crippen LogP contribution >= 0.6 is 0 Å². The lowest BCUT2D eigenvalue weighted by Crippen LogP contribution is -2.00. The summed E-state index contributed by atoms with van der Waals surface area (Å²) in [5.74, 6) is -0.242. The monoisotopic (exact) mass is 207 g/mol. The summed E-state index contributed by atoms with van der Waals surface area (Å²) in [6.07, 6.45) is 0. The van der Waals surface area contributed by atoms with Crippen LogP contribution in [0.3, 0.4) is 0 Å². The number of hydrogen-bond acceptors (Lipinski definition) is 3. The molecule has 4 heteroatoms. The van der Waals surface area contributed by atoms with Crippen molar-refractivity contribution in [1.29, 1.82) is 0 Å². The summed E-state index contributed by atoms with van der Waals surface area (Å²) in [7, 11) is 7.41. The van der Waals surface area contributed by atoms with E-state index >= 15 is 0 Å². The highest BCUT2D eigenvalue weighted by atomic mass is 16.5. The molecule has 0 aliphatic carbocycles. The molecule has 1 rings (SSSR count). The van der Waals surface area contributed by atoms with Crippen LogP contribution in [0.5, 0.6) is 0 Å². The predicted molar refractivity (Wildman–Crippen MR) is 64.8 cm³/mol. The highest BCUT2D eigenvalue weighted by molar-refractivity contribution is 6.55. The largest absolute Gasteiger partial charge is 0.469 e. The number of rotatable bonds is 2. The molecule has 1 aromatic rings. The van der Waals surface area contributed by atoms with Gasteiger partial charge in [-0.2, -0.15) is 0 Å². The maximum Gasteiger partial charge on any atom is 0.243 e. The fourth-order valence-corrected chi connectivity index (χ4v) is 0.759. The standard InChI is InChI=1S/C8H9BO2.C3H9N/c9-8(10)11-6-7-4-2-1-3-5-7;1-4(2)3/h1-5H,6,9H2;1-3H3. The van der Waals surface area contributed by atoms with Gasteiger partial charge in [0, 0.05) is 0 Å². The summed E-state index contributed by atoms with van der Waals surface area (Å²) < 4.78 is 4.79. The van der Waals surface area contributed by atoms with Gasteiger partial charge >= 0.3 is 0 Å². The quantitative estimate of drug-likeness (QED) is 0.681. The zero-order valence-corrected chi connectivity index (χ0v) is 9.86. The third kappa shape index (κ3) is 10.6. The van der Waals surface area contributed by atoms with E-state index in [2.05, 4.69) is 0 Å². The molecule has 0 aliphatic heterocycles. The maximum absolute atomic E-state index is 10.4. The Hall–Kier alpha value is -1.29. The van der Waals surface area contributed by atoms with Crippen LogP contribution in [0, 0.1) is 0 Å². The van der Waals surface area contributed by atoms with Crippen LogP contribution in [-0.4, -0.2) is 39.8 Å². The molecule has 1 aromatic carbocycles. The molecule has 0 heterocycles. The summed E-state index contributed by atoms with van der Waals surface area (Å²) in [5.41, 5.74) is 1.02. The lowest BCUT2D eigenvalue weighted by molar-refractivity contribution is 0.167. The lowest BCUT2D eigenvalue weighted by atomic mass is 10.2. The average molecular weight is 207 g/mol. The summed E-state index contributed by atoms with van der Waals surface area (Å²) in [6.45, 7) is 0.371. The van der Waals surface area contributed by atoms with Gasteiger partial charge in [-0.25, -0.2) is 0 Å². The van der Waals surface area contributed by atoms with Gasteiger partial charge in [0.1, 0.15) is 6.61 Å². The van der Waals surface area contributed by atoms with Gasteiger partial charge in [0.25, 0.3) is 0 Å². The Labute approximate surface area is 92.4 Å². The molecule has 0 aliphatic rings. The Balaban J connectivity index is 0.000000423. The van der Waals surface area contributed by atoms with E-state index in [1.807, 2.05) is 56.4 Å². The molecule has 0 radical (unpaired) electrons. The number of nitrogens with zero attached hydrogens (tertiary/aromatic N) is 1. The Morgan fingerprint density at radius 3 is 2.13 bits per heavy atom. The molecule has 0 bridgehead atoms. The van der Waals surface area contributed by atoms with Crippen molar-refractivity contribution in [1.82, 2.24) is 4.90 Å². The van der Waals surface area contributed by atoms with E-state index in [1.54, 1.807) is 0 Å². The molecule has 0 N–H and O–H groups in total. The van der Waals surface area contributed by atoms with Gasteiger partial charge in [0.15, 0.2) is 0 Å². The van der Waals surface area contributed by atoms with Crippen LogP contribution in [0.2, 0.25) is 0 Å². The third-order valence-electron chi connectivity index (χ3n) is 1.28. The van der Waals surface area contributed by atoms with E-state index in [0.29, 0.717) is 6.61 Å². The Bertz CT molecular complexity index is 272. The number of carbonyl (C=O) groups excluding carboxylic acids is 1. The molecule has 3 nitrogen and oxygen atoms in total. The van der Waals surface area contributed by atoms with Crippen molar-refractivity contribution in [2.24, 2.45) is 0 Å². The summed E-state index contributed by atoms with van der Waals surface area (Å²) >= 11 is 0. The van der Waals surface area contributed by atoms with Crippen molar-refractivity contribution >= 4 is 13.7 Å². The molecule has 0 saturated carbocycles. The van der Waals surface area contributed by atoms with Gasteiger partial charge < -0.3 is 9.64 Å². The summed E-state index contributed by atoms with van der Waals surface area (Å²) in [5, 5.41) is 0. The topological polar surface area (TPSA) is 29.5 Å². The number of carbonyl (C=O) groups is 1. The van der Waals surface area contributed by atoms with E-state index in [1.165, 1.54) is 7.85 Å². The first kappa shape index (κ1) is 13.7. The second-order valence-corrected chi connectivity index (χ2v) is 3.61. The van der Waals surface area contributed by atoms with Gasteiger partial charge in [0.2, 0.25) is 13.7 Å². The van der Waals surface area contributed by atoms with Crippen molar-refractivity contribution in [2.45, 2.75) is 6.61 Å². The second kappa shape index (κ2) is 8.06. The normalized spacial score (nSPS) is 9.07. The molecule has 0 aromatic heterocycles. The predicted octanol–water partition coefficient (Wildman–Crippen LogP) is 1.13. The Morgan fingerprint density at radius 2 is 1.73 bits per heavy atom. The highest BCUT2D eigenvalue weighted by Gasteiger charge is 1.93. The van der Waals surface area contributed by atoms with E-state index in [-0.39, 0.29) is 5.87 Å². The van der Waals surface area contributed by atoms with E-state index < -0.39 is 0 Å². The zero-order valence-electron chi connectivity index (χ0n) is 9.86. The van der Waals surface area contributed by atoms with Crippen LogP contribution in [0.1, 0.15) is 5.56 Å². The van der Waals surface area contributed by atoms with Gasteiger partial charge in [-0.05, 0) is 26.7 Å². The van der Waals surface area contributed by atoms with E-state index in [9.17, 15) is 4.79 Å². The molecule has 15 heavy (non-hydrogen) atoms. The van der Waals surface area contributed by atoms with E-state index in [4.69, 9.17) is 4.74 Å². The zero-order chi connectivity index (χ0) is 11.7. The van der Waals surface area contributed by atoms with Crippen LogP contribution in [0.4, 0.5) is 4.79 Å². The molecule has 82 valence electrons. The molecule has 0 amide bonds. The summed E-state index contributed by atoms with van der Waals surface area (Å²) in [4.78, 5) is 12.4. The van der Waals surface area contributed by atoms with Crippen LogP contribution in [0.25, 0.3) is 0 Å². The second-order valence-electron chi connectivity index (χ2n) is 3.61. The number of hydrogen-bond donors (Lipinski definition) is 0. The molecule has 0 spiro atoms. The van der Waals surface area contributed by atoms with Crippen LogP contribution in [-0.2, 0) is 11.3 Å². The fourth-order valence-electron chi connectivity index (χ4n) is 0.759. The summed E-state index contributed by atoms with van der Waals surface area (Å²) in [6, 6.07) is 9.60. The van der Waals surface area contributed by atoms with Crippen molar-refractivity contribution in [3.05, 3.63) is 35.9 Å². The van der Waals surface area contributed by atoms with E-state index in [0.717, 1.165) is 5.56 Å². The molecule has 0 saturated heterocycles. The van der Waals surface area contributed by atoms with Gasteiger partial charge in [-0.15, -0.1) is 0 Å². The minimum atomic E-state index is -0.242. The van der Waals surface area contributed by atoms with Gasteiger partial charge in [-0.3, -0.25) is 4.79 Å². The smallest absolute Gasteiger partial charge is 0.243 e. The lowest BCUT2D eigenvalue weighted by Gasteiger charge is -2.00. The first-order valence-corrected chi connectivity index (χ1v) is 4.80. The number of ether oxygens (including phenoxy) is 1. The Kier molecular flexibility index (Phi) is 7.37. The van der Waals surface area contributed by atoms with Gasteiger partial charge in [0.05, 0.1) is 0 Å². The third-order valence-corrected chi connectivity index (χ3v) is 1.28. The minimum absolute atomic E-state index is 0.242. The first-order chi connectivity index (χ1) is 7.02. The highest BCUT2D eigenvalue weighted by Crippen LogP contribution is 1.99. The number of benzene rings is 1. The first-order valence-electron chi connectivity index (χ1n) is 4.80. The van der Waals surface area contributed by atoms with Crippen molar-refractivity contribution < 1.29 is 9.53 Å². The molecule has 0 fully saturated rings. The van der Waals surface area contributed by atoms with Crippen LogP contribution < -0.4 is 0 Å². The van der Waals surface area contributed by atoms with Crippen molar-refractivity contribution in [2.75, 3.05) is 21.1 Å². The SMILES string of the molecule is BC(=O)OCc1ccccc1.CN(C)C. The Morgan fingerprint density at radius 1 is 1.27 bits per heavy atom. The molecular weight excluding hydrogens is 189 g/mol. The average Bonchev–Trinajstić information content (AvgIpc) is 2.15. The van der Waals surface area contributed by atoms with Crippen molar-refractivity contribution in [3.8, 4) is 0 Å². The van der Waals surface area contributed by atoms with Crippen LogP contribution in [0.15, 0.2) is 30.3 Å². The molecule has 0 unspecified atom stereocenters. The van der Waals surface area contributed by atoms with Crippen molar-refractivity contribution in [3.63, 3.8) is 0 Å². The maximum atomic E-state index is 10.4. The van der Waals surface area contributed by atoms with Gasteiger partial charge in [-0.1, -0.05) is 30.3 Å². The molecule has 0 atom stereocenters. The fraction of sp³-hybridized carbons (Fsp3) is 0.364.